The third kappa shape index (κ3) is 6.06. The fourth-order valence-corrected chi connectivity index (χ4v) is 3.77. The van der Waals surface area contributed by atoms with E-state index in [1.165, 1.54) is 6.42 Å². The maximum atomic E-state index is 12.8. The van der Waals surface area contributed by atoms with Gasteiger partial charge in [-0.1, -0.05) is 30.9 Å². The summed E-state index contributed by atoms with van der Waals surface area (Å²) in [4.78, 5) is 34.8. The lowest BCUT2D eigenvalue weighted by molar-refractivity contribution is 0.0696. The molecule has 0 saturated heterocycles. The molecule has 0 bridgehead atoms. The predicted molar refractivity (Wildman–Crippen MR) is 118 cm³/mol. The van der Waals surface area contributed by atoms with E-state index in [0.29, 0.717) is 35.3 Å². The number of amides is 3. The lowest BCUT2D eigenvalue weighted by Gasteiger charge is -2.31. The van der Waals surface area contributed by atoms with Gasteiger partial charge in [0.25, 0.3) is 5.91 Å². The summed E-state index contributed by atoms with van der Waals surface area (Å²) in [6, 6.07) is 6.58. The molecule has 30 heavy (non-hydrogen) atoms. The summed E-state index contributed by atoms with van der Waals surface area (Å²) in [7, 11) is 1.84. The lowest BCUT2D eigenvalue weighted by atomic mass is 9.94. The van der Waals surface area contributed by atoms with Crippen molar-refractivity contribution in [3.63, 3.8) is 0 Å². The van der Waals surface area contributed by atoms with E-state index in [1.807, 2.05) is 7.05 Å². The van der Waals surface area contributed by atoms with Gasteiger partial charge in [0, 0.05) is 44.3 Å². The Balaban J connectivity index is 1.48. The maximum Gasteiger partial charge on any atom is 0.319 e. The number of hydrogen-bond donors (Lipinski definition) is 3. The molecular formula is C21H27ClN6O2. The summed E-state index contributed by atoms with van der Waals surface area (Å²) in [5, 5.41) is 8.78. The first-order valence-electron chi connectivity index (χ1n) is 10.2. The van der Waals surface area contributed by atoms with Gasteiger partial charge in [0.15, 0.2) is 0 Å². The van der Waals surface area contributed by atoms with Crippen molar-refractivity contribution in [1.29, 1.82) is 0 Å². The van der Waals surface area contributed by atoms with Crippen LogP contribution in [0.4, 0.5) is 16.4 Å². The third-order valence-electron chi connectivity index (χ3n) is 5.16. The molecule has 2 aromatic rings. The SMILES string of the molecule is CN(C(=O)c1ccc(NC(=O)NCCNc2ncccn2)cc1Cl)C1CCCCC1. The van der Waals surface area contributed by atoms with Gasteiger partial charge in [-0.05, 0) is 37.1 Å². The molecule has 0 aliphatic heterocycles. The van der Waals surface area contributed by atoms with Crippen molar-refractivity contribution in [1.82, 2.24) is 20.2 Å². The van der Waals surface area contributed by atoms with E-state index in [4.69, 9.17) is 11.6 Å². The molecule has 1 aromatic carbocycles. The molecule has 8 nitrogen and oxygen atoms in total. The van der Waals surface area contributed by atoms with Gasteiger partial charge >= 0.3 is 6.03 Å². The summed E-state index contributed by atoms with van der Waals surface area (Å²) >= 11 is 6.34. The van der Waals surface area contributed by atoms with Crippen LogP contribution in [0.3, 0.4) is 0 Å². The van der Waals surface area contributed by atoms with Gasteiger partial charge in [-0.25, -0.2) is 14.8 Å². The highest BCUT2D eigenvalue weighted by Gasteiger charge is 2.24. The fraction of sp³-hybridized carbons (Fsp3) is 0.429. The summed E-state index contributed by atoms with van der Waals surface area (Å²) in [6.45, 7) is 0.875. The standard InChI is InChI=1S/C21H27ClN6O2/c1-28(16-6-3-2-4-7-16)19(29)17-9-8-15(14-18(17)22)27-21(30)26-13-12-25-20-23-10-5-11-24-20/h5,8-11,14,16H,2-4,6-7,12-13H2,1H3,(H,23,24,25)(H2,26,27,30). The number of nitrogens with one attached hydrogen (secondary N) is 3. The summed E-state index contributed by atoms with van der Waals surface area (Å²) < 4.78 is 0. The molecule has 1 aliphatic carbocycles. The quantitative estimate of drug-likeness (QED) is 0.580. The number of aromatic nitrogens is 2. The number of hydrogen-bond acceptors (Lipinski definition) is 5. The average Bonchev–Trinajstić information content (AvgIpc) is 2.77. The van der Waals surface area contributed by atoms with Crippen LogP contribution in [0.2, 0.25) is 5.02 Å². The Hall–Kier alpha value is -2.87. The smallest absolute Gasteiger partial charge is 0.319 e. The largest absolute Gasteiger partial charge is 0.352 e. The van der Waals surface area contributed by atoms with Crippen molar-refractivity contribution in [2.24, 2.45) is 0 Å². The Kier molecular flexibility index (Phi) is 7.84. The third-order valence-corrected chi connectivity index (χ3v) is 5.47. The predicted octanol–water partition coefficient (Wildman–Crippen LogP) is 3.77. The Bertz CT molecular complexity index is 858. The number of urea groups is 1. The van der Waals surface area contributed by atoms with Crippen molar-refractivity contribution < 1.29 is 9.59 Å². The molecule has 1 heterocycles. The number of carbonyl (C=O) groups is 2. The molecule has 1 aliphatic rings. The van der Waals surface area contributed by atoms with Gasteiger partial charge in [0.1, 0.15) is 0 Å². The van der Waals surface area contributed by atoms with E-state index in [0.717, 1.165) is 25.7 Å². The normalized spacial score (nSPS) is 14.1. The van der Waals surface area contributed by atoms with Crippen LogP contribution in [0.15, 0.2) is 36.7 Å². The van der Waals surface area contributed by atoms with Gasteiger partial charge in [-0.15, -0.1) is 0 Å². The first kappa shape index (κ1) is 21.8. The van der Waals surface area contributed by atoms with Gasteiger partial charge in [-0.3, -0.25) is 4.79 Å². The number of rotatable bonds is 7. The number of carbonyl (C=O) groups excluding carboxylic acids is 2. The topological polar surface area (TPSA) is 99.2 Å². The number of halogens is 1. The highest BCUT2D eigenvalue weighted by Crippen LogP contribution is 2.26. The molecule has 0 radical (unpaired) electrons. The van der Waals surface area contributed by atoms with Crippen LogP contribution in [0, 0.1) is 0 Å². The van der Waals surface area contributed by atoms with Gasteiger partial charge in [0.2, 0.25) is 5.95 Å². The second kappa shape index (κ2) is 10.8. The van der Waals surface area contributed by atoms with E-state index in [9.17, 15) is 9.59 Å². The maximum absolute atomic E-state index is 12.8. The fourth-order valence-electron chi connectivity index (χ4n) is 3.51. The van der Waals surface area contributed by atoms with Gasteiger partial charge < -0.3 is 20.9 Å². The molecule has 0 spiro atoms. The molecule has 3 amide bonds. The minimum Gasteiger partial charge on any atom is -0.352 e. The van der Waals surface area contributed by atoms with Crippen molar-refractivity contribution in [3.05, 3.63) is 47.2 Å². The van der Waals surface area contributed by atoms with Crippen LogP contribution in [-0.4, -0.2) is 53.0 Å². The first-order valence-corrected chi connectivity index (χ1v) is 10.5. The average molecular weight is 431 g/mol. The summed E-state index contributed by atoms with van der Waals surface area (Å²) in [5.74, 6) is 0.419. The van der Waals surface area contributed by atoms with Crippen LogP contribution in [0.1, 0.15) is 42.5 Å². The minimum atomic E-state index is -0.361. The number of nitrogens with zero attached hydrogens (tertiary/aromatic N) is 3. The number of anilines is 2. The second-order valence-electron chi connectivity index (χ2n) is 7.28. The second-order valence-corrected chi connectivity index (χ2v) is 7.69. The lowest BCUT2D eigenvalue weighted by Crippen LogP contribution is -2.38. The van der Waals surface area contributed by atoms with Gasteiger partial charge in [-0.2, -0.15) is 0 Å². The molecule has 0 atom stereocenters. The van der Waals surface area contributed by atoms with E-state index in [-0.39, 0.29) is 18.0 Å². The van der Waals surface area contributed by atoms with E-state index in [1.54, 1.807) is 41.6 Å². The molecular weight excluding hydrogens is 404 g/mol. The van der Waals surface area contributed by atoms with Crippen LogP contribution in [-0.2, 0) is 0 Å². The Morgan fingerprint density at radius 3 is 2.57 bits per heavy atom. The summed E-state index contributed by atoms with van der Waals surface area (Å²) in [5.41, 5.74) is 0.969. The summed E-state index contributed by atoms with van der Waals surface area (Å²) in [6.07, 6.45) is 8.89. The number of benzene rings is 1. The molecule has 160 valence electrons. The molecule has 1 fully saturated rings. The Morgan fingerprint density at radius 2 is 1.87 bits per heavy atom. The van der Waals surface area contributed by atoms with Crippen LogP contribution < -0.4 is 16.0 Å². The van der Waals surface area contributed by atoms with Crippen molar-refractivity contribution in [2.45, 2.75) is 38.1 Å². The van der Waals surface area contributed by atoms with Gasteiger partial charge in [0.05, 0.1) is 10.6 Å². The van der Waals surface area contributed by atoms with Crippen molar-refractivity contribution in [3.8, 4) is 0 Å². The van der Waals surface area contributed by atoms with E-state index in [2.05, 4.69) is 25.9 Å². The van der Waals surface area contributed by atoms with Crippen molar-refractivity contribution in [2.75, 3.05) is 30.8 Å². The zero-order valence-electron chi connectivity index (χ0n) is 17.0. The highest BCUT2D eigenvalue weighted by atomic mass is 35.5. The molecule has 1 saturated carbocycles. The minimum absolute atomic E-state index is 0.0860. The first-order chi connectivity index (χ1) is 14.5. The molecule has 0 unspecified atom stereocenters. The zero-order valence-corrected chi connectivity index (χ0v) is 17.8. The molecule has 3 N–H and O–H groups in total. The highest BCUT2D eigenvalue weighted by molar-refractivity contribution is 6.34. The Morgan fingerprint density at radius 1 is 1.13 bits per heavy atom. The molecule has 3 rings (SSSR count). The molecule has 1 aromatic heterocycles. The van der Waals surface area contributed by atoms with E-state index < -0.39 is 0 Å². The monoisotopic (exact) mass is 430 g/mol. The molecule has 9 heteroatoms. The zero-order chi connectivity index (χ0) is 21.3. The van der Waals surface area contributed by atoms with Crippen LogP contribution in [0.5, 0.6) is 0 Å². The van der Waals surface area contributed by atoms with Crippen molar-refractivity contribution >= 4 is 35.2 Å². The van der Waals surface area contributed by atoms with Crippen LogP contribution in [0.25, 0.3) is 0 Å². The van der Waals surface area contributed by atoms with Crippen LogP contribution >= 0.6 is 11.6 Å². The Labute approximate surface area is 181 Å². The van der Waals surface area contributed by atoms with E-state index >= 15 is 0 Å².